The third-order valence-electron chi connectivity index (χ3n) is 11.1. The summed E-state index contributed by atoms with van der Waals surface area (Å²) >= 11 is 0. The zero-order chi connectivity index (χ0) is 40.7. The minimum atomic E-state index is -2.60. The predicted molar refractivity (Wildman–Crippen MR) is 245 cm³/mol. The number of hydrogen-bond acceptors (Lipinski definition) is 5. The van der Waals surface area contributed by atoms with Crippen LogP contribution in [0.15, 0.2) is 134 Å². The van der Waals surface area contributed by atoms with Gasteiger partial charge in [-0.1, -0.05) is 73.3 Å². The fourth-order valence-corrected chi connectivity index (χ4v) is 8.92. The quantitative estimate of drug-likeness (QED) is 0.0971. The molecule has 0 aliphatic carbocycles. The van der Waals surface area contributed by atoms with Gasteiger partial charge >= 0.3 is 8.80 Å². The number of rotatable bonds is 15. The molecule has 0 aliphatic heterocycles. The number of anilines is 6. The van der Waals surface area contributed by atoms with Gasteiger partial charge < -0.3 is 23.1 Å². The van der Waals surface area contributed by atoms with E-state index >= 15 is 0 Å². The van der Waals surface area contributed by atoms with E-state index in [1.165, 1.54) is 44.5 Å². The van der Waals surface area contributed by atoms with Crippen LogP contribution in [0.4, 0.5) is 34.1 Å². The Bertz CT molecular complexity index is 2350. The van der Waals surface area contributed by atoms with Gasteiger partial charge in [-0.2, -0.15) is 0 Å². The van der Waals surface area contributed by atoms with Crippen molar-refractivity contribution in [2.75, 3.05) is 31.1 Å². The molecule has 0 atom stereocenters. The lowest BCUT2D eigenvalue weighted by atomic mass is 9.98. The van der Waals surface area contributed by atoms with Crippen molar-refractivity contribution in [3.05, 3.63) is 178 Å². The number of hydrogen-bond donors (Lipinski definition) is 0. The van der Waals surface area contributed by atoms with Gasteiger partial charge in [0.15, 0.2) is 0 Å². The third-order valence-corrected chi connectivity index (χ3v) is 13.9. The summed E-state index contributed by atoms with van der Waals surface area (Å²) in [7, 11) is 2.37. The van der Waals surface area contributed by atoms with Crippen LogP contribution in [0.3, 0.4) is 0 Å². The first-order valence-electron chi connectivity index (χ1n) is 19.6. The van der Waals surface area contributed by atoms with Gasteiger partial charge in [0.05, 0.1) is 0 Å². The van der Waals surface area contributed by atoms with Gasteiger partial charge in [-0.3, -0.25) is 0 Å². The van der Waals surface area contributed by atoms with Crippen LogP contribution in [0.2, 0.25) is 6.04 Å². The summed E-state index contributed by atoms with van der Waals surface area (Å²) in [5.74, 6) is 0. The molecule has 0 saturated heterocycles. The number of benzene rings is 6. The molecule has 0 aliphatic rings. The van der Waals surface area contributed by atoms with Crippen LogP contribution in [0, 0.1) is 41.5 Å². The van der Waals surface area contributed by atoms with Crippen LogP contribution >= 0.6 is 0 Å². The van der Waals surface area contributed by atoms with E-state index in [2.05, 4.69) is 191 Å². The first kappa shape index (κ1) is 41.1. The highest BCUT2D eigenvalue weighted by atomic mass is 28.4. The minimum absolute atomic E-state index is 0.723. The maximum atomic E-state index is 5.58. The Morgan fingerprint density at radius 3 is 1.28 bits per heavy atom. The molecule has 0 fully saturated rings. The van der Waals surface area contributed by atoms with Crippen molar-refractivity contribution in [3.8, 4) is 11.1 Å². The topological polar surface area (TPSA) is 34.2 Å². The van der Waals surface area contributed by atoms with Gasteiger partial charge in [-0.25, -0.2) is 0 Å². The molecule has 0 aromatic heterocycles. The molecule has 0 amide bonds. The van der Waals surface area contributed by atoms with E-state index in [9.17, 15) is 0 Å². The molecule has 0 N–H and O–H groups in total. The molecule has 6 aromatic carbocycles. The molecular weight excluding hydrogens is 717 g/mol. The highest BCUT2D eigenvalue weighted by Crippen LogP contribution is 2.41. The van der Waals surface area contributed by atoms with Gasteiger partial charge in [-0.05, 0) is 176 Å². The Hall–Kier alpha value is -5.50. The van der Waals surface area contributed by atoms with E-state index in [-0.39, 0.29) is 0 Å². The van der Waals surface area contributed by atoms with Gasteiger partial charge in [0.25, 0.3) is 0 Å². The van der Waals surface area contributed by atoms with E-state index in [1.54, 1.807) is 21.3 Å². The Labute approximate surface area is 341 Å². The molecule has 6 rings (SSSR count). The summed E-state index contributed by atoms with van der Waals surface area (Å²) in [6.45, 7) is 17.1. The summed E-state index contributed by atoms with van der Waals surface area (Å²) in [5, 5.41) is 0. The summed E-state index contributed by atoms with van der Waals surface area (Å²) in [5.41, 5.74) is 18.8. The Morgan fingerprint density at radius 2 is 0.895 bits per heavy atom. The fraction of sp³-hybridized carbons (Fsp3) is 0.216. The lowest BCUT2D eigenvalue weighted by Crippen LogP contribution is -2.42. The number of nitrogens with zero attached hydrogens (tertiary/aromatic N) is 2. The predicted octanol–water partition coefficient (Wildman–Crippen LogP) is 14.1. The van der Waals surface area contributed by atoms with Gasteiger partial charge in [-0.15, -0.1) is 0 Å². The van der Waals surface area contributed by atoms with Crippen LogP contribution in [0.25, 0.3) is 23.3 Å². The lowest BCUT2D eigenvalue weighted by molar-refractivity contribution is 0.124. The second-order valence-corrected chi connectivity index (χ2v) is 17.9. The van der Waals surface area contributed by atoms with E-state index in [0.717, 1.165) is 57.7 Å². The van der Waals surface area contributed by atoms with E-state index in [4.69, 9.17) is 13.3 Å². The molecule has 0 radical (unpaired) electrons. The van der Waals surface area contributed by atoms with Gasteiger partial charge in [0.1, 0.15) is 0 Å². The summed E-state index contributed by atoms with van der Waals surface area (Å²) in [6.07, 6.45) is 7.00. The molecule has 0 saturated carbocycles. The molecule has 0 heterocycles. The average molecular weight is 773 g/mol. The molecule has 0 unspecified atom stereocenters. The van der Waals surface area contributed by atoms with Crippen molar-refractivity contribution in [2.45, 2.75) is 54.0 Å². The maximum Gasteiger partial charge on any atom is 0.500 e. The molecule has 6 heteroatoms. The molecule has 57 heavy (non-hydrogen) atoms. The first-order chi connectivity index (χ1) is 27.5. The Balaban J connectivity index is 1.32. The summed E-state index contributed by atoms with van der Waals surface area (Å²) < 4.78 is 16.8. The van der Waals surface area contributed by atoms with Gasteiger partial charge in [0.2, 0.25) is 0 Å². The zero-order valence-corrected chi connectivity index (χ0v) is 36.0. The fourth-order valence-electron chi connectivity index (χ4n) is 7.29. The molecule has 6 aromatic rings. The second kappa shape index (κ2) is 18.2. The smallest absolute Gasteiger partial charge is 0.377 e. The van der Waals surface area contributed by atoms with Crippen molar-refractivity contribution in [3.63, 3.8) is 0 Å². The van der Waals surface area contributed by atoms with Crippen molar-refractivity contribution >= 4 is 55.1 Å². The van der Waals surface area contributed by atoms with Crippen molar-refractivity contribution in [2.24, 2.45) is 0 Å². The number of aryl methyl sites for hydroxylation is 6. The van der Waals surface area contributed by atoms with Crippen LogP contribution in [-0.2, 0) is 13.3 Å². The van der Waals surface area contributed by atoms with Gasteiger partial charge in [0, 0.05) is 61.5 Å². The van der Waals surface area contributed by atoms with Crippen LogP contribution < -0.4 is 9.80 Å². The maximum absolute atomic E-state index is 5.58. The molecular formula is C51H56N2O3Si. The Kier molecular flexibility index (Phi) is 13.1. The normalized spacial score (nSPS) is 11.6. The highest BCUT2D eigenvalue weighted by molar-refractivity contribution is 6.60. The van der Waals surface area contributed by atoms with E-state index < -0.39 is 8.80 Å². The highest BCUT2D eigenvalue weighted by Gasteiger charge is 2.36. The summed E-state index contributed by atoms with van der Waals surface area (Å²) in [6, 6.07) is 45.1. The van der Waals surface area contributed by atoms with Crippen molar-refractivity contribution in [1.29, 1.82) is 0 Å². The number of allylic oxidation sites excluding steroid dienone is 1. The lowest BCUT2D eigenvalue weighted by Gasteiger charge is -2.29. The third kappa shape index (κ3) is 9.22. The molecule has 292 valence electrons. The van der Waals surface area contributed by atoms with Crippen molar-refractivity contribution in [1.82, 2.24) is 0 Å². The Morgan fingerprint density at radius 1 is 0.474 bits per heavy atom. The monoisotopic (exact) mass is 772 g/mol. The van der Waals surface area contributed by atoms with E-state index in [0.29, 0.717) is 0 Å². The second-order valence-electron chi connectivity index (χ2n) is 14.8. The van der Waals surface area contributed by atoms with Crippen LogP contribution in [-0.4, -0.2) is 30.1 Å². The average Bonchev–Trinajstić information content (AvgIpc) is 3.23. The molecule has 5 nitrogen and oxygen atoms in total. The van der Waals surface area contributed by atoms with Crippen molar-refractivity contribution < 1.29 is 13.3 Å². The molecule has 0 spiro atoms. The minimum Gasteiger partial charge on any atom is -0.377 e. The summed E-state index contributed by atoms with van der Waals surface area (Å²) in [4.78, 5) is 4.72. The SMILES string of the molecule is C=Cc1ccc(N(c2ccc(C)c(C)c2)c2ccc(-c3ccc(N(c4ccc(/C=C/CC[Si](OC)(OC)OC)cc4)c4ccc(C)c(C)c4)c(C)c3)cc2C)cc1. The van der Waals surface area contributed by atoms with E-state index in [1.807, 2.05) is 6.08 Å². The van der Waals surface area contributed by atoms with Crippen LogP contribution in [0.1, 0.15) is 50.9 Å². The first-order valence-corrected chi connectivity index (χ1v) is 21.5. The zero-order valence-electron chi connectivity index (χ0n) is 35.0. The van der Waals surface area contributed by atoms with Crippen LogP contribution in [0.5, 0.6) is 0 Å². The largest absolute Gasteiger partial charge is 0.500 e. The standard InChI is InChI=1S/C51H56N2O3Si/c1-11-42-17-25-46(26-18-42)52(48-23-15-36(2)38(4)34-48)50-29-21-44(32-40(50)6)45-22-30-51(41(7)33-45)53(49-24-16-37(3)39(5)35-49)47-27-19-43(20-28-47)14-12-13-31-57(54-8,55-9)56-10/h11-12,14-30,32-35H,1,13,31H2,2-10H3/b14-12+. The molecule has 0 bridgehead atoms.